The minimum absolute atomic E-state index is 0.0488. The average Bonchev–Trinajstić information content (AvgIpc) is 2.59. The Morgan fingerprint density at radius 1 is 1.79 bits per heavy atom. The lowest BCUT2D eigenvalue weighted by molar-refractivity contribution is 0.0223. The summed E-state index contributed by atoms with van der Waals surface area (Å²) in [6.07, 6.45) is 4.20. The van der Waals surface area contributed by atoms with Gasteiger partial charge >= 0.3 is 0 Å². The summed E-state index contributed by atoms with van der Waals surface area (Å²) in [5.74, 6) is 0. The van der Waals surface area contributed by atoms with E-state index in [1.54, 1.807) is 4.68 Å². The monoisotopic (exact) mass is 215 g/mol. The molecule has 0 spiro atoms. The maximum Gasteiger partial charge on any atom is 0.150 e. The fourth-order valence-corrected chi connectivity index (χ4v) is 2.30. The first-order valence-corrected chi connectivity index (χ1v) is 5.11. The van der Waals surface area contributed by atoms with Crippen molar-refractivity contribution in [2.75, 3.05) is 5.73 Å². The molecule has 14 heavy (non-hydrogen) atoms. The molecule has 1 aliphatic carbocycles. The van der Waals surface area contributed by atoms with Crippen LogP contribution in [0.1, 0.15) is 32.2 Å². The number of aromatic nitrogens is 2. The van der Waals surface area contributed by atoms with E-state index >= 15 is 0 Å². The van der Waals surface area contributed by atoms with Crippen LogP contribution in [0.3, 0.4) is 0 Å². The number of nitrogens with two attached hydrogens (primary N) is 1. The maximum atomic E-state index is 10.1. The molecule has 0 radical (unpaired) electrons. The lowest BCUT2D eigenvalue weighted by Gasteiger charge is -2.26. The molecule has 2 rings (SSSR count). The molecule has 3 N–H and O–H groups in total. The van der Waals surface area contributed by atoms with Gasteiger partial charge in [0.15, 0.2) is 0 Å². The number of hydrogen-bond donors (Lipinski definition) is 2. The molecule has 1 aromatic heterocycles. The number of nitrogen functional groups attached to an aromatic ring is 1. The summed E-state index contributed by atoms with van der Waals surface area (Å²) in [6.45, 7) is 1.82. The third kappa shape index (κ3) is 1.38. The fourth-order valence-electron chi connectivity index (χ4n) is 2.09. The molecular formula is C9H14ClN3O. The summed E-state index contributed by atoms with van der Waals surface area (Å²) < 4.78 is 1.63. The number of halogens is 1. The molecule has 1 saturated carbocycles. The maximum absolute atomic E-state index is 10.1. The van der Waals surface area contributed by atoms with E-state index in [1.807, 2.05) is 6.92 Å². The van der Waals surface area contributed by atoms with Crippen LogP contribution < -0.4 is 5.73 Å². The highest BCUT2D eigenvalue weighted by atomic mass is 35.5. The first kappa shape index (κ1) is 9.80. The summed E-state index contributed by atoms with van der Waals surface area (Å²) in [4.78, 5) is 0. The van der Waals surface area contributed by atoms with Gasteiger partial charge in [0.2, 0.25) is 0 Å². The van der Waals surface area contributed by atoms with Gasteiger partial charge in [-0.3, -0.25) is 0 Å². The van der Waals surface area contributed by atoms with E-state index in [0.717, 1.165) is 19.3 Å². The second-order valence-corrected chi connectivity index (χ2v) is 4.46. The van der Waals surface area contributed by atoms with E-state index in [2.05, 4.69) is 5.10 Å². The molecule has 0 amide bonds. The molecule has 0 aromatic carbocycles. The van der Waals surface area contributed by atoms with Gasteiger partial charge in [-0.1, -0.05) is 11.6 Å². The van der Waals surface area contributed by atoms with Crippen LogP contribution in [0.15, 0.2) is 6.20 Å². The van der Waals surface area contributed by atoms with E-state index in [9.17, 15) is 5.11 Å². The van der Waals surface area contributed by atoms with Crippen LogP contribution in [0.2, 0.25) is 5.15 Å². The minimum Gasteiger partial charge on any atom is -0.395 e. The summed E-state index contributed by atoms with van der Waals surface area (Å²) in [7, 11) is 0. The molecule has 1 aromatic rings. The third-order valence-electron chi connectivity index (χ3n) is 2.93. The van der Waals surface area contributed by atoms with Gasteiger partial charge in [-0.25, -0.2) is 4.68 Å². The van der Waals surface area contributed by atoms with Gasteiger partial charge in [-0.15, -0.1) is 0 Å². The van der Waals surface area contributed by atoms with Crippen molar-refractivity contribution < 1.29 is 5.11 Å². The second kappa shape index (κ2) is 3.14. The van der Waals surface area contributed by atoms with Gasteiger partial charge in [0.05, 0.1) is 23.5 Å². The van der Waals surface area contributed by atoms with Gasteiger partial charge in [0, 0.05) is 0 Å². The summed E-state index contributed by atoms with van der Waals surface area (Å²) >= 11 is 5.98. The molecule has 1 aliphatic rings. The van der Waals surface area contributed by atoms with Crippen molar-refractivity contribution in [2.24, 2.45) is 0 Å². The van der Waals surface area contributed by atoms with Crippen LogP contribution in [0.5, 0.6) is 0 Å². The highest BCUT2D eigenvalue weighted by Crippen LogP contribution is 2.40. The number of nitrogens with zero attached hydrogens (tertiary/aromatic N) is 2. The molecule has 4 nitrogen and oxygen atoms in total. The number of aliphatic hydroxyl groups is 1. The molecule has 0 aliphatic heterocycles. The average molecular weight is 216 g/mol. The van der Waals surface area contributed by atoms with E-state index in [-0.39, 0.29) is 6.04 Å². The van der Waals surface area contributed by atoms with Crippen molar-refractivity contribution in [3.05, 3.63) is 11.3 Å². The number of rotatable bonds is 1. The van der Waals surface area contributed by atoms with Crippen molar-refractivity contribution in [2.45, 2.75) is 37.8 Å². The van der Waals surface area contributed by atoms with Gasteiger partial charge in [-0.2, -0.15) is 5.10 Å². The molecule has 1 heterocycles. The molecule has 5 heteroatoms. The van der Waals surface area contributed by atoms with Gasteiger partial charge in [0.1, 0.15) is 5.15 Å². The normalized spacial score (nSPS) is 32.4. The topological polar surface area (TPSA) is 64.1 Å². The lowest BCUT2D eigenvalue weighted by atomic mass is 10.0. The zero-order valence-corrected chi connectivity index (χ0v) is 8.83. The van der Waals surface area contributed by atoms with Crippen LogP contribution in [0.25, 0.3) is 0 Å². The van der Waals surface area contributed by atoms with Crippen molar-refractivity contribution >= 4 is 17.3 Å². The van der Waals surface area contributed by atoms with Crippen LogP contribution in [-0.4, -0.2) is 20.5 Å². The Balaban J connectivity index is 2.36. The Morgan fingerprint density at radius 2 is 2.50 bits per heavy atom. The van der Waals surface area contributed by atoms with E-state index in [1.165, 1.54) is 6.20 Å². The van der Waals surface area contributed by atoms with E-state index in [4.69, 9.17) is 17.3 Å². The summed E-state index contributed by atoms with van der Waals surface area (Å²) in [5.41, 5.74) is 5.35. The van der Waals surface area contributed by atoms with Crippen molar-refractivity contribution in [1.82, 2.24) is 9.78 Å². The minimum atomic E-state index is -0.720. The third-order valence-corrected chi connectivity index (χ3v) is 3.33. The Morgan fingerprint density at radius 3 is 2.93 bits per heavy atom. The largest absolute Gasteiger partial charge is 0.395 e. The number of anilines is 1. The molecule has 0 bridgehead atoms. The number of hydrogen-bond acceptors (Lipinski definition) is 3. The van der Waals surface area contributed by atoms with Gasteiger partial charge in [0.25, 0.3) is 0 Å². The summed E-state index contributed by atoms with van der Waals surface area (Å²) in [5, 5.41) is 14.6. The lowest BCUT2D eigenvalue weighted by Crippen LogP contribution is -2.31. The Kier molecular flexibility index (Phi) is 2.20. The Labute approximate surface area is 87.7 Å². The van der Waals surface area contributed by atoms with Crippen LogP contribution in [0.4, 0.5) is 5.69 Å². The van der Waals surface area contributed by atoms with Crippen molar-refractivity contribution in [1.29, 1.82) is 0 Å². The molecular weight excluding hydrogens is 202 g/mol. The summed E-state index contributed by atoms with van der Waals surface area (Å²) in [6, 6.07) is -0.0488. The first-order valence-electron chi connectivity index (χ1n) is 4.73. The Bertz CT molecular complexity index is 348. The molecule has 2 atom stereocenters. The first-order chi connectivity index (χ1) is 6.52. The highest BCUT2D eigenvalue weighted by molar-refractivity contribution is 6.32. The van der Waals surface area contributed by atoms with Gasteiger partial charge < -0.3 is 10.8 Å². The smallest absolute Gasteiger partial charge is 0.150 e. The second-order valence-electron chi connectivity index (χ2n) is 4.10. The van der Waals surface area contributed by atoms with Crippen LogP contribution in [-0.2, 0) is 0 Å². The van der Waals surface area contributed by atoms with Crippen molar-refractivity contribution in [3.8, 4) is 0 Å². The zero-order chi connectivity index (χ0) is 10.3. The molecule has 0 saturated heterocycles. The standard InChI is InChI=1S/C9H14ClN3O/c1-9(14)4-2-3-7(9)13-8(10)6(11)5-12-13/h5,7,14H,2-4,11H2,1H3. The van der Waals surface area contributed by atoms with Crippen LogP contribution in [0, 0.1) is 0 Å². The fraction of sp³-hybridized carbons (Fsp3) is 0.667. The Hall–Kier alpha value is -0.740. The van der Waals surface area contributed by atoms with E-state index in [0.29, 0.717) is 10.8 Å². The van der Waals surface area contributed by atoms with E-state index < -0.39 is 5.60 Å². The quantitative estimate of drug-likeness (QED) is 0.748. The van der Waals surface area contributed by atoms with Crippen LogP contribution >= 0.6 is 11.6 Å². The highest BCUT2D eigenvalue weighted by Gasteiger charge is 2.39. The molecule has 2 unspecified atom stereocenters. The molecule has 1 fully saturated rings. The molecule has 78 valence electrons. The van der Waals surface area contributed by atoms with Gasteiger partial charge in [-0.05, 0) is 26.2 Å². The SMILES string of the molecule is CC1(O)CCCC1n1ncc(N)c1Cl. The zero-order valence-electron chi connectivity index (χ0n) is 8.07. The predicted molar refractivity (Wildman–Crippen MR) is 55.2 cm³/mol. The van der Waals surface area contributed by atoms with Crippen molar-refractivity contribution in [3.63, 3.8) is 0 Å². The predicted octanol–water partition coefficient (Wildman–Crippen LogP) is 1.59.